The summed E-state index contributed by atoms with van der Waals surface area (Å²) in [5.41, 5.74) is 0. The predicted octanol–water partition coefficient (Wildman–Crippen LogP) is 0.228. The number of aromatic amines is 1. The highest BCUT2D eigenvalue weighted by molar-refractivity contribution is 7.71. The van der Waals surface area contributed by atoms with E-state index in [9.17, 15) is 0 Å². The first-order valence-corrected chi connectivity index (χ1v) is 3.28. The zero-order valence-corrected chi connectivity index (χ0v) is 7.03. The Bertz CT molecular complexity index is 275. The van der Waals surface area contributed by atoms with Gasteiger partial charge in [-0.1, -0.05) is 0 Å². The minimum atomic E-state index is 0.395. The lowest BCUT2D eigenvalue weighted by atomic mass is 10.9. The molecule has 1 N–H and O–H groups in total. The number of nitrogens with zero attached hydrogens (tertiary/aromatic N) is 2. The third-order valence-corrected chi connectivity index (χ3v) is 1.29. The molecule has 1 aromatic heterocycles. The average Bonchev–Trinajstić information content (AvgIpc) is 2.10. The third kappa shape index (κ3) is 1.18. The van der Waals surface area contributed by atoms with Gasteiger partial charge in [0, 0.05) is 0 Å². The predicted molar refractivity (Wildman–Crippen MR) is 39.4 cm³/mol. The normalized spacial score (nSPS) is 9.90. The first kappa shape index (κ1) is 7.27. The van der Waals surface area contributed by atoms with E-state index in [0.717, 1.165) is 0 Å². The van der Waals surface area contributed by atoms with E-state index in [0.29, 0.717) is 10.9 Å². The molecule has 1 aromatic rings. The lowest BCUT2D eigenvalue weighted by Crippen LogP contribution is -2.35. The smallest absolute Gasteiger partial charge is 0.360 e. The van der Waals surface area contributed by atoms with Crippen molar-refractivity contribution in [3.05, 3.63) is 4.84 Å². The van der Waals surface area contributed by atoms with E-state index in [2.05, 4.69) is 5.10 Å². The van der Waals surface area contributed by atoms with Gasteiger partial charge in [0.1, 0.15) is 7.05 Å². The van der Waals surface area contributed by atoms with Crippen molar-refractivity contribution in [3.8, 4) is 0 Å². The molecule has 0 saturated carbocycles. The number of anilines is 1. The minimum absolute atomic E-state index is 0.395. The molecule has 0 saturated heterocycles. The summed E-state index contributed by atoms with van der Waals surface area (Å²) in [6.07, 6.45) is 0. The van der Waals surface area contributed by atoms with Gasteiger partial charge in [-0.25, -0.2) is 4.90 Å². The van der Waals surface area contributed by atoms with Crippen LogP contribution in [-0.2, 0) is 7.05 Å². The van der Waals surface area contributed by atoms with Crippen LogP contribution in [0, 0.1) is 4.84 Å². The molecule has 0 atom stereocenters. The van der Waals surface area contributed by atoms with Gasteiger partial charge in [0.15, 0.2) is 0 Å². The number of hydrogen-bond acceptors (Lipinski definition) is 3. The molecule has 0 unspecified atom stereocenters. The monoisotopic (exact) mass is 160 g/mol. The van der Waals surface area contributed by atoms with Crippen molar-refractivity contribution < 1.29 is 9.10 Å². The summed E-state index contributed by atoms with van der Waals surface area (Å²) in [6, 6.07) is 0.713. The van der Waals surface area contributed by atoms with Crippen molar-refractivity contribution in [1.29, 1.82) is 0 Å². The van der Waals surface area contributed by atoms with Crippen LogP contribution in [0.3, 0.4) is 0 Å². The van der Waals surface area contributed by atoms with E-state index < -0.39 is 0 Å². The van der Waals surface area contributed by atoms with E-state index >= 15 is 0 Å². The summed E-state index contributed by atoms with van der Waals surface area (Å²) in [5, 5.41) is 2.81. The molecule has 5 heteroatoms. The first-order chi connectivity index (χ1) is 4.61. The average molecular weight is 160 g/mol. The molecule has 56 valence electrons. The summed E-state index contributed by atoms with van der Waals surface area (Å²) in [6.45, 7) is 0. The Hall–Kier alpha value is -0.840. The molecule has 0 spiro atoms. The van der Waals surface area contributed by atoms with E-state index in [1.807, 2.05) is 26.0 Å². The van der Waals surface area contributed by atoms with Crippen molar-refractivity contribution in [2.45, 2.75) is 0 Å². The zero-order chi connectivity index (χ0) is 7.72. The van der Waals surface area contributed by atoms with Crippen LogP contribution in [0.15, 0.2) is 4.42 Å². The van der Waals surface area contributed by atoms with Gasteiger partial charge in [0.05, 0.1) is 14.1 Å². The highest BCUT2D eigenvalue weighted by Gasteiger charge is 2.13. The highest BCUT2D eigenvalue weighted by atomic mass is 32.1. The second-order valence-corrected chi connectivity index (χ2v) is 2.61. The molecule has 0 fully saturated rings. The van der Waals surface area contributed by atoms with Crippen LogP contribution in [0.2, 0.25) is 0 Å². The van der Waals surface area contributed by atoms with Crippen molar-refractivity contribution >= 4 is 18.2 Å². The number of H-pyrrole nitrogens is 1. The summed E-state index contributed by atoms with van der Waals surface area (Å²) in [7, 11) is 5.62. The standard InChI is InChI=1S/C5H9N3OS/c1-7(2)5-8(3)6-4(10)9-5/h1-3H3/p+1. The van der Waals surface area contributed by atoms with E-state index in [1.165, 1.54) is 0 Å². The van der Waals surface area contributed by atoms with Crippen LogP contribution in [0.5, 0.6) is 0 Å². The molecule has 10 heavy (non-hydrogen) atoms. The van der Waals surface area contributed by atoms with Gasteiger partial charge in [-0.3, -0.25) is 0 Å². The van der Waals surface area contributed by atoms with Gasteiger partial charge in [0.2, 0.25) is 0 Å². The fourth-order valence-corrected chi connectivity index (χ4v) is 0.962. The largest absolute Gasteiger partial charge is 0.477 e. The minimum Gasteiger partial charge on any atom is -0.360 e. The van der Waals surface area contributed by atoms with Crippen LogP contribution in [0.1, 0.15) is 0 Å². The van der Waals surface area contributed by atoms with Crippen LogP contribution in [-0.4, -0.2) is 19.2 Å². The lowest BCUT2D eigenvalue weighted by Gasteiger charge is -1.96. The SMILES string of the molecule is CN(C)c1oc(=S)[nH][n+]1C. The molecule has 0 amide bonds. The summed E-state index contributed by atoms with van der Waals surface area (Å²) in [5.74, 6) is 0. The van der Waals surface area contributed by atoms with Gasteiger partial charge in [-0.05, 0) is 12.2 Å². The summed E-state index contributed by atoms with van der Waals surface area (Å²) in [4.78, 5) is 2.23. The van der Waals surface area contributed by atoms with Crippen molar-refractivity contribution in [1.82, 2.24) is 5.10 Å². The quantitative estimate of drug-likeness (QED) is 0.472. The molecule has 0 bridgehead atoms. The maximum absolute atomic E-state index is 5.12. The second kappa shape index (κ2) is 2.42. The first-order valence-electron chi connectivity index (χ1n) is 2.87. The van der Waals surface area contributed by atoms with Gasteiger partial charge >= 0.3 is 10.9 Å². The summed E-state index contributed by atoms with van der Waals surface area (Å²) >= 11 is 4.77. The highest BCUT2D eigenvalue weighted by Crippen LogP contribution is 2.00. The number of nitrogens with one attached hydrogen (secondary N) is 1. The Morgan fingerprint density at radius 1 is 1.60 bits per heavy atom. The van der Waals surface area contributed by atoms with E-state index in [-0.39, 0.29) is 0 Å². The number of aryl methyl sites for hydroxylation is 1. The zero-order valence-electron chi connectivity index (χ0n) is 6.21. The molecule has 4 nitrogen and oxygen atoms in total. The summed E-state index contributed by atoms with van der Waals surface area (Å²) < 4.78 is 6.85. The molecular weight excluding hydrogens is 150 g/mol. The van der Waals surface area contributed by atoms with Gasteiger partial charge in [0.25, 0.3) is 0 Å². The van der Waals surface area contributed by atoms with Gasteiger partial charge in [-0.15, -0.1) is 4.68 Å². The Balaban J connectivity index is 3.15. The van der Waals surface area contributed by atoms with Crippen molar-refractivity contribution in [2.75, 3.05) is 19.0 Å². The van der Waals surface area contributed by atoms with Crippen molar-refractivity contribution in [2.24, 2.45) is 7.05 Å². The maximum atomic E-state index is 5.12. The molecular formula is C5H10N3OS+. The Labute approximate surface area is 64.1 Å². The fraction of sp³-hybridized carbons (Fsp3) is 0.600. The van der Waals surface area contributed by atoms with Crippen LogP contribution < -0.4 is 9.58 Å². The third-order valence-electron chi connectivity index (χ3n) is 1.11. The maximum Gasteiger partial charge on any atom is 0.477 e. The van der Waals surface area contributed by atoms with E-state index in [4.69, 9.17) is 16.6 Å². The van der Waals surface area contributed by atoms with Crippen molar-refractivity contribution in [3.63, 3.8) is 0 Å². The van der Waals surface area contributed by atoms with Crippen LogP contribution in [0.4, 0.5) is 6.01 Å². The lowest BCUT2D eigenvalue weighted by molar-refractivity contribution is -0.718. The number of hydrogen-bond donors (Lipinski definition) is 1. The molecule has 1 rings (SSSR count). The molecule has 0 aliphatic rings. The van der Waals surface area contributed by atoms with Crippen LogP contribution in [0.25, 0.3) is 0 Å². The number of aromatic nitrogens is 2. The van der Waals surface area contributed by atoms with E-state index in [1.54, 1.807) is 4.68 Å². The van der Waals surface area contributed by atoms with Crippen LogP contribution >= 0.6 is 12.2 Å². The Kier molecular flexibility index (Phi) is 1.76. The molecule has 0 radical (unpaired) electrons. The Morgan fingerprint density at radius 2 is 2.20 bits per heavy atom. The Morgan fingerprint density at radius 3 is 2.40 bits per heavy atom. The number of rotatable bonds is 1. The molecule has 0 aromatic carbocycles. The topological polar surface area (TPSA) is 36.1 Å². The molecule has 0 aliphatic carbocycles. The molecule has 0 aliphatic heterocycles. The molecule has 1 heterocycles. The fourth-order valence-electron chi connectivity index (χ4n) is 0.750. The second-order valence-electron chi connectivity index (χ2n) is 2.24. The van der Waals surface area contributed by atoms with Gasteiger partial charge in [-0.2, -0.15) is 5.10 Å². The van der Waals surface area contributed by atoms with Gasteiger partial charge < -0.3 is 4.42 Å².